The van der Waals surface area contributed by atoms with Crippen molar-refractivity contribution in [3.8, 4) is 0 Å². The summed E-state index contributed by atoms with van der Waals surface area (Å²) in [6, 6.07) is 4.63. The molecule has 2 unspecified atom stereocenters. The fourth-order valence-electron chi connectivity index (χ4n) is 2.48. The lowest BCUT2D eigenvalue weighted by molar-refractivity contribution is 0.0655. The molecule has 5 heteroatoms. The molecule has 1 aliphatic rings. The molecule has 0 aliphatic carbocycles. The van der Waals surface area contributed by atoms with Crippen LogP contribution in [0.5, 0.6) is 0 Å². The van der Waals surface area contributed by atoms with Crippen LogP contribution in [0.4, 0.5) is 4.39 Å². The molecule has 2 N–H and O–H groups in total. The summed E-state index contributed by atoms with van der Waals surface area (Å²) in [5.41, 5.74) is 6.03. The maximum absolute atomic E-state index is 13.8. The van der Waals surface area contributed by atoms with Crippen LogP contribution in [0, 0.1) is 11.7 Å². The molecular weight excluding hydrogens is 311 g/mol. The fourth-order valence-corrected chi connectivity index (χ4v) is 3.00. The number of hydrogen-bond donors (Lipinski definition) is 1. The lowest BCUT2D eigenvalue weighted by atomic mass is 9.92. The molecule has 1 fully saturated rings. The zero-order valence-electron chi connectivity index (χ0n) is 10.9. The molecule has 0 spiro atoms. The number of carbonyl (C=O) groups is 1. The zero-order chi connectivity index (χ0) is 14.0. The van der Waals surface area contributed by atoms with Crippen molar-refractivity contribution in [1.29, 1.82) is 0 Å². The highest BCUT2D eigenvalue weighted by Gasteiger charge is 2.28. The van der Waals surface area contributed by atoms with Gasteiger partial charge in [-0.15, -0.1) is 0 Å². The van der Waals surface area contributed by atoms with Gasteiger partial charge in [0.05, 0.1) is 5.56 Å². The molecule has 0 radical (unpaired) electrons. The summed E-state index contributed by atoms with van der Waals surface area (Å²) in [4.78, 5) is 14.1. The number of carbonyl (C=O) groups excluding carboxylic acids is 1. The van der Waals surface area contributed by atoms with E-state index in [2.05, 4.69) is 15.9 Å². The predicted octanol–water partition coefficient (Wildman–Crippen LogP) is 2.79. The highest BCUT2D eigenvalue weighted by molar-refractivity contribution is 9.10. The number of rotatable bonds is 2. The van der Waals surface area contributed by atoms with E-state index >= 15 is 0 Å². The van der Waals surface area contributed by atoms with Crippen LogP contribution in [-0.2, 0) is 0 Å². The van der Waals surface area contributed by atoms with E-state index in [4.69, 9.17) is 5.73 Å². The van der Waals surface area contributed by atoms with Gasteiger partial charge in [-0.3, -0.25) is 4.79 Å². The molecule has 1 aliphatic heterocycles. The van der Waals surface area contributed by atoms with Gasteiger partial charge in [-0.25, -0.2) is 4.39 Å². The second-order valence-electron chi connectivity index (χ2n) is 5.11. The van der Waals surface area contributed by atoms with Gasteiger partial charge in [0.25, 0.3) is 5.91 Å². The Morgan fingerprint density at radius 1 is 1.58 bits per heavy atom. The average molecular weight is 329 g/mol. The summed E-state index contributed by atoms with van der Waals surface area (Å²) in [6.07, 6.45) is 1.95. The highest BCUT2D eigenvalue weighted by Crippen LogP contribution is 2.25. The van der Waals surface area contributed by atoms with Crippen molar-refractivity contribution in [3.63, 3.8) is 0 Å². The monoisotopic (exact) mass is 328 g/mol. The lowest BCUT2D eigenvalue weighted by Crippen LogP contribution is -2.45. The molecule has 2 atom stereocenters. The van der Waals surface area contributed by atoms with Crippen molar-refractivity contribution in [2.75, 3.05) is 13.1 Å². The third-order valence-electron chi connectivity index (χ3n) is 3.67. The van der Waals surface area contributed by atoms with Crippen molar-refractivity contribution in [2.24, 2.45) is 11.7 Å². The van der Waals surface area contributed by atoms with Crippen LogP contribution in [0.2, 0.25) is 0 Å². The van der Waals surface area contributed by atoms with Gasteiger partial charge in [-0.05, 0) is 53.7 Å². The first-order chi connectivity index (χ1) is 9.00. The molecule has 2 rings (SSSR count). The molecule has 0 aromatic heterocycles. The molecule has 1 aromatic carbocycles. The van der Waals surface area contributed by atoms with Crippen molar-refractivity contribution in [3.05, 3.63) is 34.1 Å². The Balaban J connectivity index is 2.20. The van der Waals surface area contributed by atoms with Crippen LogP contribution >= 0.6 is 15.9 Å². The van der Waals surface area contributed by atoms with Gasteiger partial charge in [0.1, 0.15) is 5.82 Å². The third kappa shape index (κ3) is 3.15. The highest BCUT2D eigenvalue weighted by atomic mass is 79.9. The zero-order valence-corrected chi connectivity index (χ0v) is 12.5. The maximum Gasteiger partial charge on any atom is 0.257 e. The second-order valence-corrected chi connectivity index (χ2v) is 5.96. The largest absolute Gasteiger partial charge is 0.338 e. The minimum Gasteiger partial charge on any atom is -0.338 e. The van der Waals surface area contributed by atoms with Crippen molar-refractivity contribution < 1.29 is 9.18 Å². The number of amides is 1. The number of hydrogen-bond acceptors (Lipinski definition) is 2. The first-order valence-corrected chi connectivity index (χ1v) is 7.29. The average Bonchev–Trinajstić information content (AvgIpc) is 2.38. The summed E-state index contributed by atoms with van der Waals surface area (Å²) in [7, 11) is 0. The minimum absolute atomic E-state index is 0.0552. The minimum atomic E-state index is -0.484. The number of nitrogens with zero attached hydrogens (tertiary/aromatic N) is 1. The molecule has 1 amide bonds. The van der Waals surface area contributed by atoms with Crippen molar-refractivity contribution >= 4 is 21.8 Å². The molecule has 1 heterocycles. The quantitative estimate of drug-likeness (QED) is 0.907. The normalized spacial score (nSPS) is 21.3. The van der Waals surface area contributed by atoms with E-state index in [0.29, 0.717) is 23.5 Å². The molecule has 1 saturated heterocycles. The molecular formula is C14H18BrFN2O. The SMILES string of the molecule is CC(N)C1CCCN(C(=O)c2c(F)cccc2Br)C1. The third-order valence-corrected chi connectivity index (χ3v) is 4.33. The van der Waals surface area contributed by atoms with E-state index in [0.717, 1.165) is 12.8 Å². The number of benzene rings is 1. The van der Waals surface area contributed by atoms with Crippen LogP contribution < -0.4 is 5.73 Å². The Hall–Kier alpha value is -0.940. The van der Waals surface area contributed by atoms with Crippen molar-refractivity contribution in [2.45, 2.75) is 25.8 Å². The van der Waals surface area contributed by atoms with Gasteiger partial charge in [-0.1, -0.05) is 6.07 Å². The van der Waals surface area contributed by atoms with Crippen LogP contribution in [0.15, 0.2) is 22.7 Å². The Bertz CT molecular complexity index is 458. The summed E-state index contributed by atoms with van der Waals surface area (Å²) < 4.78 is 14.3. The van der Waals surface area contributed by atoms with E-state index in [1.165, 1.54) is 6.07 Å². The van der Waals surface area contributed by atoms with Gasteiger partial charge in [0, 0.05) is 23.6 Å². The Morgan fingerprint density at radius 2 is 2.32 bits per heavy atom. The second kappa shape index (κ2) is 6.01. The summed E-state index contributed by atoms with van der Waals surface area (Å²) in [5.74, 6) is -0.444. The fraction of sp³-hybridized carbons (Fsp3) is 0.500. The van der Waals surface area contributed by atoms with Gasteiger partial charge in [0.15, 0.2) is 0 Å². The summed E-state index contributed by atoms with van der Waals surface area (Å²) in [6.45, 7) is 3.23. The van der Waals surface area contributed by atoms with Crippen LogP contribution in [0.1, 0.15) is 30.1 Å². The number of likely N-dealkylation sites (tertiary alicyclic amines) is 1. The predicted molar refractivity (Wildman–Crippen MR) is 76.4 cm³/mol. The molecule has 0 saturated carbocycles. The van der Waals surface area contributed by atoms with E-state index in [1.807, 2.05) is 6.92 Å². The topological polar surface area (TPSA) is 46.3 Å². The van der Waals surface area contributed by atoms with Crippen LogP contribution in [0.3, 0.4) is 0 Å². The van der Waals surface area contributed by atoms with E-state index in [1.54, 1.807) is 17.0 Å². The number of halogens is 2. The number of nitrogens with two attached hydrogens (primary N) is 1. The smallest absolute Gasteiger partial charge is 0.257 e. The van der Waals surface area contributed by atoms with E-state index in [-0.39, 0.29) is 17.5 Å². The van der Waals surface area contributed by atoms with Gasteiger partial charge in [0.2, 0.25) is 0 Å². The van der Waals surface area contributed by atoms with Gasteiger partial charge in [-0.2, -0.15) is 0 Å². The maximum atomic E-state index is 13.8. The Kier molecular flexibility index (Phi) is 4.58. The van der Waals surface area contributed by atoms with E-state index in [9.17, 15) is 9.18 Å². The molecule has 1 aromatic rings. The standard InChI is InChI=1S/C14H18BrFN2O/c1-9(17)10-4-3-7-18(8-10)14(19)13-11(15)5-2-6-12(13)16/h2,5-6,9-10H,3-4,7-8,17H2,1H3. The van der Waals surface area contributed by atoms with Gasteiger partial charge >= 0.3 is 0 Å². The summed E-state index contributed by atoms with van der Waals surface area (Å²) >= 11 is 3.25. The summed E-state index contributed by atoms with van der Waals surface area (Å²) in [5, 5.41) is 0. The number of piperidine rings is 1. The van der Waals surface area contributed by atoms with Crippen LogP contribution in [-0.4, -0.2) is 29.9 Å². The Morgan fingerprint density at radius 3 is 2.95 bits per heavy atom. The Labute approximate surface area is 121 Å². The van der Waals surface area contributed by atoms with Gasteiger partial charge < -0.3 is 10.6 Å². The van der Waals surface area contributed by atoms with Crippen LogP contribution in [0.25, 0.3) is 0 Å². The van der Waals surface area contributed by atoms with E-state index < -0.39 is 5.82 Å². The molecule has 104 valence electrons. The lowest BCUT2D eigenvalue weighted by Gasteiger charge is -2.34. The molecule has 0 bridgehead atoms. The first-order valence-electron chi connectivity index (χ1n) is 6.49. The first kappa shape index (κ1) is 14.5. The van der Waals surface area contributed by atoms with Crippen molar-refractivity contribution in [1.82, 2.24) is 4.90 Å². The molecule has 3 nitrogen and oxygen atoms in total. The molecule has 19 heavy (non-hydrogen) atoms.